The first-order valence-corrected chi connectivity index (χ1v) is 9.23. The summed E-state index contributed by atoms with van der Waals surface area (Å²) in [5.41, 5.74) is 1.04. The quantitative estimate of drug-likeness (QED) is 0.477. The lowest BCUT2D eigenvalue weighted by molar-refractivity contribution is -0.119. The number of alkyl halides is 2. The van der Waals surface area contributed by atoms with Gasteiger partial charge < -0.3 is 14.8 Å². The molecule has 0 saturated heterocycles. The van der Waals surface area contributed by atoms with Crippen molar-refractivity contribution in [3.8, 4) is 5.75 Å². The van der Waals surface area contributed by atoms with Crippen LogP contribution in [0.5, 0.6) is 5.75 Å². The van der Waals surface area contributed by atoms with E-state index in [0.717, 1.165) is 0 Å². The maximum atomic E-state index is 12.3. The minimum Gasteiger partial charge on any atom is -0.451 e. The van der Waals surface area contributed by atoms with Gasteiger partial charge in [-0.15, -0.1) is 0 Å². The van der Waals surface area contributed by atoms with Crippen LogP contribution >= 0.6 is 11.8 Å². The van der Waals surface area contributed by atoms with Gasteiger partial charge >= 0.3 is 12.6 Å². The lowest BCUT2D eigenvalue weighted by atomic mass is 10.3. The van der Waals surface area contributed by atoms with E-state index >= 15 is 0 Å². The molecule has 0 fully saturated rings. The number of rotatable bonds is 7. The molecular weight excluding hydrogens is 392 g/mol. The number of hydrogen-bond acceptors (Lipinski definition) is 6. The number of esters is 1. The third kappa shape index (κ3) is 4.58. The molecule has 1 N–H and O–H groups in total. The number of imidazole rings is 1. The van der Waals surface area contributed by atoms with Gasteiger partial charge in [-0.05, 0) is 42.7 Å². The number of ether oxygens (including phenoxy) is 2. The molecule has 0 saturated carbocycles. The molecule has 1 amide bonds. The molecule has 7 nitrogen and oxygen atoms in total. The molecule has 146 valence electrons. The van der Waals surface area contributed by atoms with Gasteiger partial charge in [0.15, 0.2) is 17.5 Å². The molecule has 0 spiro atoms. The van der Waals surface area contributed by atoms with Crippen molar-refractivity contribution in [1.82, 2.24) is 9.38 Å². The van der Waals surface area contributed by atoms with E-state index in [-0.39, 0.29) is 11.4 Å². The fraction of sp³-hybridized carbons (Fsp3) is 0.167. The van der Waals surface area contributed by atoms with Crippen LogP contribution in [0.25, 0.3) is 5.52 Å². The second kappa shape index (κ2) is 8.70. The molecule has 0 unspecified atom stereocenters. The first-order chi connectivity index (χ1) is 13.5. The summed E-state index contributed by atoms with van der Waals surface area (Å²) in [6, 6.07) is 10.7. The Kier molecular flexibility index (Phi) is 6.09. The second-order valence-corrected chi connectivity index (χ2v) is 6.20. The lowest BCUT2D eigenvalue weighted by Crippen LogP contribution is -2.21. The van der Waals surface area contributed by atoms with E-state index in [1.807, 2.05) is 12.3 Å². The highest BCUT2D eigenvalue weighted by Crippen LogP contribution is 2.21. The number of nitrogens with zero attached hydrogens (tertiary/aromatic N) is 2. The van der Waals surface area contributed by atoms with Crippen molar-refractivity contribution in [2.45, 2.75) is 11.8 Å². The predicted octanol–water partition coefficient (Wildman–Crippen LogP) is 3.45. The molecule has 0 aliphatic heterocycles. The second-order valence-electron chi connectivity index (χ2n) is 5.43. The number of halogens is 2. The Balaban J connectivity index is 1.59. The van der Waals surface area contributed by atoms with Crippen molar-refractivity contribution in [1.29, 1.82) is 0 Å². The number of anilines is 1. The van der Waals surface area contributed by atoms with Gasteiger partial charge in [-0.2, -0.15) is 8.78 Å². The van der Waals surface area contributed by atoms with Crippen molar-refractivity contribution in [2.24, 2.45) is 0 Å². The highest BCUT2D eigenvalue weighted by molar-refractivity contribution is 7.98. The van der Waals surface area contributed by atoms with Crippen LogP contribution in [0.4, 0.5) is 14.5 Å². The van der Waals surface area contributed by atoms with E-state index in [1.165, 1.54) is 36.0 Å². The van der Waals surface area contributed by atoms with E-state index < -0.39 is 25.1 Å². The van der Waals surface area contributed by atoms with Crippen molar-refractivity contribution >= 4 is 34.8 Å². The minimum atomic E-state index is -2.93. The van der Waals surface area contributed by atoms with E-state index in [9.17, 15) is 18.4 Å². The topological polar surface area (TPSA) is 81.9 Å². The van der Waals surface area contributed by atoms with Crippen molar-refractivity contribution in [2.75, 3.05) is 18.2 Å². The van der Waals surface area contributed by atoms with E-state index in [0.29, 0.717) is 16.4 Å². The summed E-state index contributed by atoms with van der Waals surface area (Å²) in [6.45, 7) is -3.44. The van der Waals surface area contributed by atoms with Crippen LogP contribution < -0.4 is 10.1 Å². The predicted molar refractivity (Wildman–Crippen MR) is 99.0 cm³/mol. The van der Waals surface area contributed by atoms with E-state index in [2.05, 4.69) is 15.0 Å². The molecule has 2 aromatic heterocycles. The number of hydrogen-bond donors (Lipinski definition) is 1. The molecule has 2 heterocycles. The summed E-state index contributed by atoms with van der Waals surface area (Å²) in [5, 5.41) is 3.12. The first-order valence-electron chi connectivity index (χ1n) is 8.01. The summed E-state index contributed by atoms with van der Waals surface area (Å²) in [4.78, 5) is 28.5. The summed E-state index contributed by atoms with van der Waals surface area (Å²) in [7, 11) is 0. The average Bonchev–Trinajstić information content (AvgIpc) is 3.06. The molecule has 1 aromatic carbocycles. The zero-order chi connectivity index (χ0) is 20.1. The fourth-order valence-electron chi connectivity index (χ4n) is 2.42. The Morgan fingerprint density at radius 1 is 1.21 bits per heavy atom. The lowest BCUT2D eigenvalue weighted by Gasteiger charge is -2.08. The number of carbonyl (C=O) groups excluding carboxylic acids is 2. The Labute approximate surface area is 162 Å². The molecule has 3 rings (SSSR count). The number of thioether (sulfide) groups is 1. The standard InChI is InChI=1S/C18H15F2N3O4S/c1-28-18-22-15(13-4-2-3-9-23(13)18)16(25)26-10-14(24)21-11-5-7-12(8-6-11)27-17(19)20/h2-9,17H,10H2,1H3,(H,21,24). The molecule has 0 bridgehead atoms. The van der Waals surface area contributed by atoms with E-state index in [1.54, 1.807) is 22.7 Å². The SMILES string of the molecule is CSc1nc(C(=O)OCC(=O)Nc2ccc(OC(F)F)cc2)c2ccccn12. The molecule has 0 aliphatic carbocycles. The van der Waals surface area contributed by atoms with Crippen LogP contribution in [-0.4, -0.2) is 40.7 Å². The maximum Gasteiger partial charge on any atom is 0.387 e. The zero-order valence-corrected chi connectivity index (χ0v) is 15.4. The molecule has 0 atom stereocenters. The van der Waals surface area contributed by atoms with Gasteiger partial charge in [-0.3, -0.25) is 9.20 Å². The number of carbonyl (C=O) groups is 2. The van der Waals surface area contributed by atoms with Gasteiger partial charge in [0.1, 0.15) is 5.75 Å². The number of pyridine rings is 1. The highest BCUT2D eigenvalue weighted by atomic mass is 32.2. The van der Waals surface area contributed by atoms with Gasteiger partial charge in [0.05, 0.1) is 5.52 Å². The molecule has 3 aromatic rings. The molecular formula is C18H15F2N3O4S. The number of fused-ring (bicyclic) bond motifs is 1. The first kappa shape index (κ1) is 19.6. The van der Waals surface area contributed by atoms with Crippen LogP contribution in [0.3, 0.4) is 0 Å². The number of amides is 1. The zero-order valence-electron chi connectivity index (χ0n) is 14.6. The largest absolute Gasteiger partial charge is 0.451 e. The molecule has 0 radical (unpaired) electrons. The van der Waals surface area contributed by atoms with Gasteiger partial charge in [-0.25, -0.2) is 9.78 Å². The average molecular weight is 407 g/mol. The molecule has 28 heavy (non-hydrogen) atoms. The van der Waals surface area contributed by atoms with Crippen molar-refractivity contribution < 1.29 is 27.8 Å². The number of nitrogens with one attached hydrogen (secondary N) is 1. The van der Waals surface area contributed by atoms with Gasteiger partial charge in [0, 0.05) is 11.9 Å². The van der Waals surface area contributed by atoms with Crippen LogP contribution in [0.1, 0.15) is 10.5 Å². The Morgan fingerprint density at radius 3 is 2.64 bits per heavy atom. The summed E-state index contributed by atoms with van der Waals surface area (Å²) in [5.74, 6) is -1.33. The number of benzene rings is 1. The van der Waals surface area contributed by atoms with Gasteiger partial charge in [0.25, 0.3) is 5.91 Å². The van der Waals surface area contributed by atoms with Crippen LogP contribution in [0.15, 0.2) is 53.8 Å². The van der Waals surface area contributed by atoms with Crippen molar-refractivity contribution in [3.63, 3.8) is 0 Å². The van der Waals surface area contributed by atoms with E-state index in [4.69, 9.17) is 4.74 Å². The Bertz CT molecular complexity index is 992. The highest BCUT2D eigenvalue weighted by Gasteiger charge is 2.19. The maximum absolute atomic E-state index is 12.3. The minimum absolute atomic E-state index is 0.0318. The van der Waals surface area contributed by atoms with Crippen LogP contribution in [-0.2, 0) is 9.53 Å². The molecule has 10 heteroatoms. The van der Waals surface area contributed by atoms with Gasteiger partial charge in [0.2, 0.25) is 0 Å². The molecule has 0 aliphatic rings. The summed E-state index contributed by atoms with van der Waals surface area (Å²) >= 11 is 1.38. The normalized spacial score (nSPS) is 10.9. The summed E-state index contributed by atoms with van der Waals surface area (Å²) < 4.78 is 35.3. The van der Waals surface area contributed by atoms with Crippen molar-refractivity contribution in [3.05, 3.63) is 54.4 Å². The Morgan fingerprint density at radius 2 is 1.96 bits per heavy atom. The van der Waals surface area contributed by atoms with Crippen LogP contribution in [0, 0.1) is 0 Å². The third-order valence-corrected chi connectivity index (χ3v) is 4.24. The Hall–Kier alpha value is -3.14. The third-order valence-electron chi connectivity index (χ3n) is 3.59. The van der Waals surface area contributed by atoms with Gasteiger partial charge in [-0.1, -0.05) is 17.8 Å². The number of aromatic nitrogens is 2. The van der Waals surface area contributed by atoms with Crippen LogP contribution in [0.2, 0.25) is 0 Å². The fourth-order valence-corrected chi connectivity index (χ4v) is 2.96. The monoisotopic (exact) mass is 407 g/mol. The smallest absolute Gasteiger partial charge is 0.387 e. The summed E-state index contributed by atoms with van der Waals surface area (Å²) in [6.07, 6.45) is 3.61.